The number of benzene rings is 1. The Bertz CT molecular complexity index is 916. The molecule has 1 saturated heterocycles. The molecular weight excluding hydrogens is 438 g/mol. The quantitative estimate of drug-likeness (QED) is 0.622. The molecular formula is C22H26ClN3O4S. The number of nitrogens with zero attached hydrogens (tertiary/aromatic N) is 2. The summed E-state index contributed by atoms with van der Waals surface area (Å²) >= 11 is 7.14. The lowest BCUT2D eigenvalue weighted by Gasteiger charge is -2.20. The molecule has 1 N–H and O–H groups in total. The van der Waals surface area contributed by atoms with Crippen LogP contribution in [-0.2, 0) is 20.7 Å². The first kappa shape index (κ1) is 23.2. The molecule has 1 aliphatic rings. The summed E-state index contributed by atoms with van der Waals surface area (Å²) in [6.07, 6.45) is 3.19. The van der Waals surface area contributed by atoms with Gasteiger partial charge >= 0.3 is 5.97 Å². The molecule has 1 aromatic carbocycles. The van der Waals surface area contributed by atoms with Crippen molar-refractivity contribution in [2.75, 3.05) is 25.0 Å². The summed E-state index contributed by atoms with van der Waals surface area (Å²) in [6.45, 7) is 3.51. The van der Waals surface area contributed by atoms with E-state index in [1.54, 1.807) is 36.6 Å². The maximum atomic E-state index is 12.7. The van der Waals surface area contributed by atoms with Crippen LogP contribution in [0.15, 0.2) is 29.6 Å². The molecule has 9 heteroatoms. The molecule has 1 fully saturated rings. The van der Waals surface area contributed by atoms with Gasteiger partial charge in [0.2, 0.25) is 5.91 Å². The van der Waals surface area contributed by atoms with E-state index in [0.717, 1.165) is 19.3 Å². The molecule has 1 atom stereocenters. The van der Waals surface area contributed by atoms with Crippen LogP contribution in [0.3, 0.4) is 0 Å². The van der Waals surface area contributed by atoms with Crippen molar-refractivity contribution < 1.29 is 19.1 Å². The number of anilines is 1. The third kappa shape index (κ3) is 7.04. The predicted octanol–water partition coefficient (Wildman–Crippen LogP) is 4.17. The first-order valence-corrected chi connectivity index (χ1v) is 11.6. The van der Waals surface area contributed by atoms with Gasteiger partial charge < -0.3 is 9.64 Å². The van der Waals surface area contributed by atoms with Crippen molar-refractivity contribution in [1.82, 2.24) is 9.88 Å². The van der Waals surface area contributed by atoms with Gasteiger partial charge in [-0.2, -0.15) is 0 Å². The second-order valence-corrected chi connectivity index (χ2v) is 8.76. The SMILES string of the molecule is CCOC(=O)CC1CCCN(C(=O)Cc2csc(NC(=O)c3ccc(Cl)cc3)n2)CC1. The van der Waals surface area contributed by atoms with Crippen LogP contribution in [0.5, 0.6) is 0 Å². The summed E-state index contributed by atoms with van der Waals surface area (Å²) in [5.41, 5.74) is 1.12. The van der Waals surface area contributed by atoms with Gasteiger partial charge in [-0.3, -0.25) is 19.7 Å². The van der Waals surface area contributed by atoms with Crippen LogP contribution in [-0.4, -0.2) is 47.4 Å². The number of rotatable bonds is 7. The van der Waals surface area contributed by atoms with E-state index in [1.807, 2.05) is 4.90 Å². The number of ether oxygens (including phenoxy) is 1. The minimum absolute atomic E-state index is 0.0117. The summed E-state index contributed by atoms with van der Waals surface area (Å²) in [5.74, 6) is -0.171. The van der Waals surface area contributed by atoms with E-state index < -0.39 is 0 Å². The summed E-state index contributed by atoms with van der Waals surface area (Å²) in [4.78, 5) is 43.0. The number of aromatic nitrogens is 1. The van der Waals surface area contributed by atoms with Crippen LogP contribution in [0.1, 0.15) is 48.7 Å². The Morgan fingerprint density at radius 3 is 2.74 bits per heavy atom. The second-order valence-electron chi connectivity index (χ2n) is 7.47. The third-order valence-corrected chi connectivity index (χ3v) is 6.23. The van der Waals surface area contributed by atoms with Gasteiger partial charge in [-0.15, -0.1) is 11.3 Å². The number of nitrogens with one attached hydrogen (secondary N) is 1. The number of esters is 1. The summed E-state index contributed by atoms with van der Waals surface area (Å²) in [7, 11) is 0. The van der Waals surface area contributed by atoms with Gasteiger partial charge in [0, 0.05) is 35.5 Å². The fraction of sp³-hybridized carbons (Fsp3) is 0.455. The average molecular weight is 464 g/mol. The van der Waals surface area contributed by atoms with E-state index >= 15 is 0 Å². The van der Waals surface area contributed by atoms with Crippen molar-refractivity contribution in [3.8, 4) is 0 Å². The monoisotopic (exact) mass is 463 g/mol. The minimum Gasteiger partial charge on any atom is -0.466 e. The maximum Gasteiger partial charge on any atom is 0.306 e. The van der Waals surface area contributed by atoms with Crippen molar-refractivity contribution >= 4 is 45.9 Å². The topological polar surface area (TPSA) is 88.6 Å². The van der Waals surface area contributed by atoms with Crippen molar-refractivity contribution in [2.45, 2.75) is 39.0 Å². The number of likely N-dealkylation sites (tertiary alicyclic amines) is 1. The standard InChI is InChI=1S/C22H26ClN3O4S/c1-2-30-20(28)12-15-4-3-10-26(11-9-15)19(27)13-18-14-31-22(24-18)25-21(29)16-5-7-17(23)8-6-16/h5-8,14-15H,2-4,9-13H2,1H3,(H,24,25,29). The summed E-state index contributed by atoms with van der Waals surface area (Å²) < 4.78 is 5.04. The van der Waals surface area contributed by atoms with Gasteiger partial charge in [0.05, 0.1) is 18.7 Å². The van der Waals surface area contributed by atoms with Crippen LogP contribution in [0.4, 0.5) is 5.13 Å². The Balaban J connectivity index is 1.49. The van der Waals surface area contributed by atoms with Gasteiger partial charge in [-0.25, -0.2) is 4.98 Å². The first-order chi connectivity index (χ1) is 14.9. The number of carbonyl (C=O) groups excluding carboxylic acids is 3. The highest BCUT2D eigenvalue weighted by atomic mass is 35.5. The van der Waals surface area contributed by atoms with E-state index in [0.29, 0.717) is 47.5 Å². The molecule has 0 bridgehead atoms. The Hall–Kier alpha value is -2.45. The third-order valence-electron chi connectivity index (χ3n) is 5.17. The molecule has 2 heterocycles. The first-order valence-electron chi connectivity index (χ1n) is 10.4. The summed E-state index contributed by atoms with van der Waals surface area (Å²) in [6, 6.07) is 6.59. The molecule has 1 unspecified atom stereocenters. The molecule has 2 amide bonds. The highest BCUT2D eigenvalue weighted by Gasteiger charge is 2.23. The predicted molar refractivity (Wildman–Crippen MR) is 120 cm³/mol. The number of carbonyl (C=O) groups is 3. The smallest absolute Gasteiger partial charge is 0.306 e. The second kappa shape index (κ2) is 11.2. The highest BCUT2D eigenvalue weighted by Crippen LogP contribution is 2.23. The lowest BCUT2D eigenvalue weighted by molar-refractivity contribution is -0.144. The van der Waals surface area contributed by atoms with E-state index in [4.69, 9.17) is 16.3 Å². The van der Waals surface area contributed by atoms with Crippen molar-refractivity contribution in [1.29, 1.82) is 0 Å². The van der Waals surface area contributed by atoms with Gasteiger partial charge in [0.1, 0.15) is 0 Å². The van der Waals surface area contributed by atoms with Gasteiger partial charge in [0.15, 0.2) is 5.13 Å². The number of hydrogen-bond acceptors (Lipinski definition) is 6. The average Bonchev–Trinajstić information content (AvgIpc) is 3.03. The van der Waals surface area contributed by atoms with Crippen molar-refractivity contribution in [3.63, 3.8) is 0 Å². The zero-order valence-electron chi connectivity index (χ0n) is 17.4. The lowest BCUT2D eigenvalue weighted by Crippen LogP contribution is -2.33. The van der Waals surface area contributed by atoms with E-state index in [2.05, 4.69) is 10.3 Å². The molecule has 1 aliphatic heterocycles. The van der Waals surface area contributed by atoms with Crippen molar-refractivity contribution in [2.24, 2.45) is 5.92 Å². The molecule has 1 aromatic heterocycles. The number of halogens is 1. The van der Waals surface area contributed by atoms with E-state index in [9.17, 15) is 14.4 Å². The van der Waals surface area contributed by atoms with Crippen LogP contribution in [0.2, 0.25) is 5.02 Å². The number of thiazole rings is 1. The normalized spacial score (nSPS) is 16.5. The Kier molecular flexibility index (Phi) is 8.43. The molecule has 0 spiro atoms. The van der Waals surface area contributed by atoms with Gasteiger partial charge in [0.25, 0.3) is 5.91 Å². The molecule has 166 valence electrons. The van der Waals surface area contributed by atoms with E-state index in [-0.39, 0.29) is 30.1 Å². The van der Waals surface area contributed by atoms with Crippen molar-refractivity contribution in [3.05, 3.63) is 45.9 Å². The zero-order valence-corrected chi connectivity index (χ0v) is 19.0. The molecule has 0 saturated carbocycles. The van der Waals surface area contributed by atoms with Crippen LogP contribution < -0.4 is 5.32 Å². The van der Waals surface area contributed by atoms with Gasteiger partial charge in [-0.1, -0.05) is 11.6 Å². The van der Waals surface area contributed by atoms with Gasteiger partial charge in [-0.05, 0) is 56.4 Å². The van der Waals surface area contributed by atoms with Crippen LogP contribution in [0.25, 0.3) is 0 Å². The maximum absolute atomic E-state index is 12.7. The Morgan fingerprint density at radius 1 is 1.23 bits per heavy atom. The highest BCUT2D eigenvalue weighted by molar-refractivity contribution is 7.14. The molecule has 0 aliphatic carbocycles. The minimum atomic E-state index is -0.274. The van der Waals surface area contributed by atoms with Crippen LogP contribution >= 0.6 is 22.9 Å². The lowest BCUT2D eigenvalue weighted by atomic mass is 9.97. The molecule has 31 heavy (non-hydrogen) atoms. The number of hydrogen-bond donors (Lipinski definition) is 1. The molecule has 2 aromatic rings. The molecule has 7 nitrogen and oxygen atoms in total. The van der Waals surface area contributed by atoms with E-state index in [1.165, 1.54) is 11.3 Å². The summed E-state index contributed by atoms with van der Waals surface area (Å²) in [5, 5.41) is 5.55. The fourth-order valence-corrected chi connectivity index (χ4v) is 4.39. The molecule has 0 radical (unpaired) electrons. The number of amides is 2. The molecule has 3 rings (SSSR count). The Labute approximate surface area is 190 Å². The zero-order chi connectivity index (χ0) is 22.2. The Morgan fingerprint density at radius 2 is 2.00 bits per heavy atom. The van der Waals surface area contributed by atoms with Crippen LogP contribution in [0, 0.1) is 5.92 Å². The largest absolute Gasteiger partial charge is 0.466 e. The fourth-order valence-electron chi connectivity index (χ4n) is 3.56.